The maximum Gasteiger partial charge on any atom is 0.227 e. The van der Waals surface area contributed by atoms with Gasteiger partial charge >= 0.3 is 0 Å². The Bertz CT molecular complexity index is 82.7. The van der Waals surface area contributed by atoms with Crippen molar-refractivity contribution in [2.45, 2.75) is 10.7 Å². The van der Waals surface area contributed by atoms with E-state index in [9.17, 15) is 0 Å². The van der Waals surface area contributed by atoms with E-state index in [4.69, 9.17) is 40.2 Å². The van der Waals surface area contributed by atoms with Crippen LogP contribution < -0.4 is 0 Å². The van der Waals surface area contributed by atoms with E-state index >= 15 is 0 Å². The van der Waals surface area contributed by atoms with E-state index in [1.807, 2.05) is 0 Å². The third kappa shape index (κ3) is 3.15. The Labute approximate surface area is 57.1 Å². The molecule has 0 radical (unpaired) electrons. The van der Waals surface area contributed by atoms with Crippen LogP contribution in [0, 0.1) is 5.41 Å². The normalized spacial score (nSPS) is 11.4. The summed E-state index contributed by atoms with van der Waals surface area (Å²) < 4.78 is -1.50. The van der Waals surface area contributed by atoms with E-state index in [2.05, 4.69) is 0 Å². The maximum absolute atomic E-state index is 6.75. The third-order valence-electron chi connectivity index (χ3n) is 0.425. The molecular weight excluding hydrogens is 156 g/mol. The van der Waals surface area contributed by atoms with E-state index < -0.39 is 3.79 Å². The second kappa shape index (κ2) is 2.21. The van der Waals surface area contributed by atoms with Gasteiger partial charge in [-0.05, 0) is 6.92 Å². The van der Waals surface area contributed by atoms with Gasteiger partial charge in [0.15, 0.2) is 0 Å². The highest BCUT2D eigenvalue weighted by Crippen LogP contribution is 2.26. The van der Waals surface area contributed by atoms with Crippen molar-refractivity contribution in [2.24, 2.45) is 0 Å². The van der Waals surface area contributed by atoms with Crippen LogP contribution in [0.15, 0.2) is 0 Å². The topological polar surface area (TPSA) is 23.9 Å². The van der Waals surface area contributed by atoms with Gasteiger partial charge in [0.2, 0.25) is 3.79 Å². The summed E-state index contributed by atoms with van der Waals surface area (Å²) in [5, 5.41) is 6.75. The van der Waals surface area contributed by atoms with Crippen molar-refractivity contribution in [2.75, 3.05) is 0 Å². The highest BCUT2D eigenvalue weighted by Gasteiger charge is 2.21. The summed E-state index contributed by atoms with van der Waals surface area (Å²) in [7, 11) is 0. The molecule has 0 unspecified atom stereocenters. The fraction of sp³-hybridized carbons (Fsp3) is 0.667. The smallest absolute Gasteiger partial charge is 0.227 e. The van der Waals surface area contributed by atoms with Gasteiger partial charge in [-0.3, -0.25) is 0 Å². The lowest BCUT2D eigenvalue weighted by Crippen LogP contribution is -2.12. The van der Waals surface area contributed by atoms with E-state index in [0.29, 0.717) is 0 Å². The minimum Gasteiger partial charge on any atom is -0.306 e. The number of hydrogen-bond donors (Lipinski definition) is 1. The first-order valence-corrected chi connectivity index (χ1v) is 2.70. The SMILES string of the molecule is CC(=N)C(Cl)(Cl)Cl. The Morgan fingerprint density at radius 2 is 1.57 bits per heavy atom. The molecule has 0 saturated heterocycles. The van der Waals surface area contributed by atoms with Crippen LogP contribution in [0.4, 0.5) is 0 Å². The quantitative estimate of drug-likeness (QED) is 0.416. The van der Waals surface area contributed by atoms with E-state index in [1.54, 1.807) is 0 Å². The third-order valence-corrected chi connectivity index (χ3v) is 1.28. The van der Waals surface area contributed by atoms with Crippen LogP contribution >= 0.6 is 34.8 Å². The second-order valence-corrected chi connectivity index (χ2v) is 3.40. The molecule has 7 heavy (non-hydrogen) atoms. The predicted molar refractivity (Wildman–Crippen MR) is 33.7 cm³/mol. The lowest BCUT2D eigenvalue weighted by Gasteiger charge is -2.05. The van der Waals surface area contributed by atoms with E-state index in [1.165, 1.54) is 6.92 Å². The molecule has 0 amide bonds. The molecule has 0 heterocycles. The number of halogens is 3. The predicted octanol–water partition coefficient (Wildman–Crippen LogP) is 2.40. The summed E-state index contributed by atoms with van der Waals surface area (Å²) in [5.41, 5.74) is 0.0394. The first kappa shape index (κ1) is 7.54. The van der Waals surface area contributed by atoms with Gasteiger partial charge < -0.3 is 5.41 Å². The standard InChI is InChI=1S/C3H4Cl3N/c1-2(7)3(4,5)6/h7H,1H3. The summed E-state index contributed by atoms with van der Waals surface area (Å²) in [6.45, 7) is 1.44. The van der Waals surface area contributed by atoms with Crippen molar-refractivity contribution in [1.82, 2.24) is 0 Å². The van der Waals surface area contributed by atoms with Gasteiger partial charge in [0.25, 0.3) is 0 Å². The molecular formula is C3H4Cl3N. The number of alkyl halides is 3. The van der Waals surface area contributed by atoms with Gasteiger partial charge in [0, 0.05) is 0 Å². The fourth-order valence-electron chi connectivity index (χ4n) is 0. The molecule has 0 aromatic rings. The first-order chi connectivity index (χ1) is 2.94. The lowest BCUT2D eigenvalue weighted by atomic mass is 10.5. The van der Waals surface area contributed by atoms with Crippen molar-refractivity contribution in [3.05, 3.63) is 0 Å². The molecule has 1 N–H and O–H groups in total. The molecule has 42 valence electrons. The van der Waals surface area contributed by atoms with Crippen LogP contribution in [0.25, 0.3) is 0 Å². The van der Waals surface area contributed by atoms with Crippen LogP contribution in [0.5, 0.6) is 0 Å². The molecule has 0 saturated carbocycles. The Morgan fingerprint density at radius 1 is 1.43 bits per heavy atom. The Balaban J connectivity index is 3.79. The van der Waals surface area contributed by atoms with Gasteiger partial charge in [-0.2, -0.15) is 0 Å². The molecule has 0 atom stereocenters. The van der Waals surface area contributed by atoms with Gasteiger partial charge in [-0.15, -0.1) is 0 Å². The van der Waals surface area contributed by atoms with Gasteiger partial charge in [0.1, 0.15) is 0 Å². The molecule has 0 aromatic heterocycles. The molecule has 0 bridgehead atoms. The van der Waals surface area contributed by atoms with Crippen molar-refractivity contribution in [3.8, 4) is 0 Å². The minimum absolute atomic E-state index is 0.0394. The monoisotopic (exact) mass is 159 g/mol. The molecule has 4 heteroatoms. The molecule has 0 aliphatic rings. The van der Waals surface area contributed by atoms with Crippen LogP contribution in [0.2, 0.25) is 0 Å². The van der Waals surface area contributed by atoms with Crippen LogP contribution in [0.3, 0.4) is 0 Å². The summed E-state index contributed by atoms with van der Waals surface area (Å²) in [6.07, 6.45) is 0. The van der Waals surface area contributed by atoms with Crippen LogP contribution in [-0.4, -0.2) is 9.50 Å². The van der Waals surface area contributed by atoms with Gasteiger partial charge in [-0.25, -0.2) is 0 Å². The Morgan fingerprint density at radius 3 is 1.57 bits per heavy atom. The molecule has 0 rings (SSSR count). The Kier molecular flexibility index (Phi) is 2.38. The maximum atomic E-state index is 6.75. The van der Waals surface area contributed by atoms with Crippen molar-refractivity contribution < 1.29 is 0 Å². The molecule has 0 spiro atoms. The van der Waals surface area contributed by atoms with Gasteiger partial charge in [0.05, 0.1) is 5.71 Å². The van der Waals surface area contributed by atoms with Crippen molar-refractivity contribution in [1.29, 1.82) is 5.41 Å². The van der Waals surface area contributed by atoms with Crippen molar-refractivity contribution >= 4 is 40.5 Å². The zero-order valence-corrected chi connectivity index (χ0v) is 5.90. The summed E-state index contributed by atoms with van der Waals surface area (Å²) in [6, 6.07) is 0. The van der Waals surface area contributed by atoms with Crippen LogP contribution in [0.1, 0.15) is 6.92 Å². The first-order valence-electron chi connectivity index (χ1n) is 1.57. The molecule has 0 aromatic carbocycles. The number of hydrogen-bond acceptors (Lipinski definition) is 1. The Hall–Kier alpha value is 0.540. The highest BCUT2D eigenvalue weighted by molar-refractivity contribution is 6.76. The van der Waals surface area contributed by atoms with Crippen molar-refractivity contribution in [3.63, 3.8) is 0 Å². The minimum atomic E-state index is -1.50. The van der Waals surface area contributed by atoms with E-state index in [-0.39, 0.29) is 5.71 Å². The summed E-state index contributed by atoms with van der Waals surface area (Å²) in [5.74, 6) is 0. The van der Waals surface area contributed by atoms with Crippen LogP contribution in [-0.2, 0) is 0 Å². The molecule has 0 fully saturated rings. The van der Waals surface area contributed by atoms with Gasteiger partial charge in [-0.1, -0.05) is 34.8 Å². The molecule has 0 aliphatic carbocycles. The fourth-order valence-corrected chi connectivity index (χ4v) is 0. The molecule has 0 aliphatic heterocycles. The number of nitrogens with one attached hydrogen (secondary N) is 1. The largest absolute Gasteiger partial charge is 0.306 e. The zero-order valence-electron chi connectivity index (χ0n) is 3.63. The average molecular weight is 160 g/mol. The van der Waals surface area contributed by atoms with E-state index in [0.717, 1.165) is 0 Å². The summed E-state index contributed by atoms with van der Waals surface area (Å²) >= 11 is 15.5. The molecule has 1 nitrogen and oxygen atoms in total. The highest BCUT2D eigenvalue weighted by atomic mass is 35.6. The summed E-state index contributed by atoms with van der Waals surface area (Å²) in [4.78, 5) is 0. The second-order valence-electron chi connectivity index (χ2n) is 1.12. The zero-order chi connectivity index (χ0) is 6.08. The number of rotatable bonds is 0. The average Bonchev–Trinajstić information content (AvgIpc) is 1.31. The lowest BCUT2D eigenvalue weighted by molar-refractivity contribution is 1.37.